The monoisotopic (exact) mass is 265 g/mol. The van der Waals surface area contributed by atoms with Gasteiger partial charge in [0.15, 0.2) is 0 Å². The van der Waals surface area contributed by atoms with Crippen molar-refractivity contribution in [2.24, 2.45) is 5.41 Å². The molecule has 5 nitrogen and oxygen atoms in total. The van der Waals surface area contributed by atoms with Gasteiger partial charge in [0.1, 0.15) is 6.33 Å². The maximum absolute atomic E-state index is 6.16. The van der Waals surface area contributed by atoms with Crippen LogP contribution in [0.5, 0.6) is 0 Å². The van der Waals surface area contributed by atoms with Crippen LogP contribution in [-0.2, 0) is 0 Å². The topological polar surface area (TPSA) is 55.6 Å². The highest BCUT2D eigenvalue weighted by molar-refractivity contribution is 6.33. The highest BCUT2D eigenvalue weighted by atomic mass is 35.5. The van der Waals surface area contributed by atoms with Crippen LogP contribution in [0.25, 0.3) is 5.69 Å². The summed E-state index contributed by atoms with van der Waals surface area (Å²) in [5.41, 5.74) is 1.95. The minimum Gasteiger partial charge on any atom is -0.383 e. The van der Waals surface area contributed by atoms with Crippen LogP contribution in [0.2, 0.25) is 5.02 Å². The average molecular weight is 266 g/mol. The molecule has 18 heavy (non-hydrogen) atoms. The predicted octanol–water partition coefficient (Wildman–Crippen LogP) is 2.77. The highest BCUT2D eigenvalue weighted by Gasteiger charge is 2.11. The normalized spacial score (nSPS) is 11.6. The van der Waals surface area contributed by atoms with Crippen molar-refractivity contribution in [3.63, 3.8) is 0 Å². The number of nitrogens with one attached hydrogen (secondary N) is 1. The summed E-state index contributed by atoms with van der Waals surface area (Å²) in [5.74, 6) is 0. The Labute approximate surface area is 111 Å². The quantitative estimate of drug-likeness (QED) is 0.927. The fraction of sp³-hybridized carbons (Fsp3) is 0.417. The highest BCUT2D eigenvalue weighted by Crippen LogP contribution is 2.26. The molecule has 1 heterocycles. The van der Waals surface area contributed by atoms with Gasteiger partial charge >= 0.3 is 0 Å². The summed E-state index contributed by atoms with van der Waals surface area (Å²) in [6, 6.07) is 5.65. The van der Waals surface area contributed by atoms with E-state index in [4.69, 9.17) is 11.6 Å². The molecule has 6 heteroatoms. The summed E-state index contributed by atoms with van der Waals surface area (Å²) in [7, 11) is 0. The molecule has 0 atom stereocenters. The summed E-state index contributed by atoms with van der Waals surface area (Å²) >= 11 is 6.16. The number of halogens is 1. The zero-order valence-electron chi connectivity index (χ0n) is 10.7. The first kappa shape index (κ1) is 12.8. The summed E-state index contributed by atoms with van der Waals surface area (Å²) in [5, 5.41) is 15.1. The molecule has 0 spiro atoms. The van der Waals surface area contributed by atoms with Crippen LogP contribution in [0.3, 0.4) is 0 Å². The largest absolute Gasteiger partial charge is 0.383 e. The number of nitrogens with zero attached hydrogens (tertiary/aromatic N) is 4. The van der Waals surface area contributed by atoms with Crippen molar-refractivity contribution in [2.75, 3.05) is 11.9 Å². The summed E-state index contributed by atoms with van der Waals surface area (Å²) in [6.07, 6.45) is 1.55. The SMILES string of the molecule is CC(C)(C)CNc1cc(-n2cnnn2)ccc1Cl. The van der Waals surface area contributed by atoms with Crippen molar-refractivity contribution in [1.29, 1.82) is 0 Å². The zero-order valence-corrected chi connectivity index (χ0v) is 11.4. The van der Waals surface area contributed by atoms with Gasteiger partial charge in [-0.25, -0.2) is 4.68 Å². The molecule has 0 aliphatic carbocycles. The van der Waals surface area contributed by atoms with E-state index in [-0.39, 0.29) is 5.41 Å². The Bertz CT molecular complexity index is 516. The molecule has 0 unspecified atom stereocenters. The standard InChI is InChI=1S/C12H16ClN5/c1-12(2,3)7-14-11-6-9(4-5-10(11)13)18-8-15-16-17-18/h4-6,8,14H,7H2,1-3H3. The Morgan fingerprint density at radius 1 is 1.33 bits per heavy atom. The smallest absolute Gasteiger partial charge is 0.143 e. The molecule has 2 rings (SSSR count). The predicted molar refractivity (Wildman–Crippen MR) is 72.1 cm³/mol. The van der Waals surface area contributed by atoms with Gasteiger partial charge in [-0.1, -0.05) is 32.4 Å². The molecule has 96 valence electrons. The number of aromatic nitrogens is 4. The summed E-state index contributed by atoms with van der Waals surface area (Å²) < 4.78 is 1.60. The third kappa shape index (κ3) is 3.20. The summed E-state index contributed by atoms with van der Waals surface area (Å²) in [6.45, 7) is 7.34. The van der Waals surface area contributed by atoms with Gasteiger partial charge in [0.25, 0.3) is 0 Å². The van der Waals surface area contributed by atoms with Crippen LogP contribution in [0.1, 0.15) is 20.8 Å². The first-order valence-electron chi connectivity index (χ1n) is 5.72. The molecular weight excluding hydrogens is 250 g/mol. The molecule has 1 N–H and O–H groups in total. The Morgan fingerprint density at radius 2 is 2.11 bits per heavy atom. The van der Waals surface area contributed by atoms with E-state index in [1.54, 1.807) is 11.0 Å². The second-order valence-corrected chi connectivity index (χ2v) is 5.74. The van der Waals surface area contributed by atoms with Gasteiger partial charge in [0.2, 0.25) is 0 Å². The average Bonchev–Trinajstić information content (AvgIpc) is 2.80. The first-order chi connectivity index (χ1) is 8.46. The van der Waals surface area contributed by atoms with Gasteiger partial charge in [-0.2, -0.15) is 0 Å². The minimum absolute atomic E-state index is 0.189. The van der Waals surface area contributed by atoms with Crippen LogP contribution in [0, 0.1) is 5.41 Å². The molecule has 1 aromatic heterocycles. The molecule has 0 aliphatic heterocycles. The van der Waals surface area contributed by atoms with Gasteiger partial charge in [0.05, 0.1) is 16.4 Å². The van der Waals surface area contributed by atoms with Gasteiger partial charge in [-0.15, -0.1) is 5.10 Å². The van der Waals surface area contributed by atoms with E-state index >= 15 is 0 Å². The van der Waals surface area contributed by atoms with Crippen LogP contribution < -0.4 is 5.32 Å². The van der Waals surface area contributed by atoms with Crippen molar-refractivity contribution in [3.05, 3.63) is 29.5 Å². The number of hydrogen-bond donors (Lipinski definition) is 1. The van der Waals surface area contributed by atoms with Gasteiger partial charge < -0.3 is 5.32 Å². The molecule has 0 bridgehead atoms. The van der Waals surface area contributed by atoms with Gasteiger partial charge in [-0.3, -0.25) is 0 Å². The van der Waals surface area contributed by atoms with Crippen molar-refractivity contribution in [1.82, 2.24) is 20.2 Å². The Morgan fingerprint density at radius 3 is 2.72 bits per heavy atom. The lowest BCUT2D eigenvalue weighted by atomic mass is 9.97. The lowest BCUT2D eigenvalue weighted by molar-refractivity contribution is 0.443. The number of rotatable bonds is 3. The molecule has 1 aromatic carbocycles. The third-order valence-electron chi connectivity index (χ3n) is 2.37. The lowest BCUT2D eigenvalue weighted by Crippen LogP contribution is -2.19. The number of tetrazole rings is 1. The van der Waals surface area contributed by atoms with E-state index in [1.807, 2.05) is 18.2 Å². The fourth-order valence-corrected chi connectivity index (χ4v) is 1.62. The van der Waals surface area contributed by atoms with Crippen molar-refractivity contribution in [2.45, 2.75) is 20.8 Å². The van der Waals surface area contributed by atoms with E-state index in [2.05, 4.69) is 41.6 Å². The number of benzene rings is 1. The Balaban J connectivity index is 2.22. The number of hydrogen-bond acceptors (Lipinski definition) is 4. The molecule has 0 radical (unpaired) electrons. The van der Waals surface area contributed by atoms with Crippen molar-refractivity contribution in [3.8, 4) is 5.69 Å². The first-order valence-corrected chi connectivity index (χ1v) is 6.10. The zero-order chi connectivity index (χ0) is 13.2. The molecule has 0 saturated heterocycles. The summed E-state index contributed by atoms with van der Waals surface area (Å²) in [4.78, 5) is 0. The van der Waals surface area contributed by atoms with E-state index < -0.39 is 0 Å². The third-order valence-corrected chi connectivity index (χ3v) is 2.70. The molecule has 0 amide bonds. The van der Waals surface area contributed by atoms with E-state index in [0.29, 0.717) is 5.02 Å². The maximum Gasteiger partial charge on any atom is 0.143 e. The van der Waals surface area contributed by atoms with Gasteiger partial charge in [-0.05, 0) is 34.0 Å². The molecular formula is C12H16ClN5. The molecule has 0 fully saturated rings. The molecule has 2 aromatic rings. The van der Waals surface area contributed by atoms with E-state index in [9.17, 15) is 0 Å². The van der Waals surface area contributed by atoms with Crippen LogP contribution in [-0.4, -0.2) is 26.8 Å². The van der Waals surface area contributed by atoms with E-state index in [1.165, 1.54) is 0 Å². The van der Waals surface area contributed by atoms with Crippen molar-refractivity contribution < 1.29 is 0 Å². The maximum atomic E-state index is 6.16. The van der Waals surface area contributed by atoms with Crippen LogP contribution in [0.4, 0.5) is 5.69 Å². The van der Waals surface area contributed by atoms with E-state index in [0.717, 1.165) is 17.9 Å². The lowest BCUT2D eigenvalue weighted by Gasteiger charge is -2.20. The van der Waals surface area contributed by atoms with Crippen LogP contribution in [0.15, 0.2) is 24.5 Å². The Kier molecular flexibility index (Phi) is 3.52. The molecule has 0 saturated carbocycles. The Hall–Kier alpha value is -1.62. The van der Waals surface area contributed by atoms with Gasteiger partial charge in [0, 0.05) is 6.54 Å². The van der Waals surface area contributed by atoms with Crippen molar-refractivity contribution >= 4 is 17.3 Å². The second kappa shape index (κ2) is 4.94. The minimum atomic E-state index is 0.189. The van der Waals surface area contributed by atoms with Crippen LogP contribution >= 0.6 is 11.6 Å². The number of anilines is 1. The second-order valence-electron chi connectivity index (χ2n) is 5.33. The molecule has 0 aliphatic rings. The fourth-order valence-electron chi connectivity index (χ4n) is 1.43.